The van der Waals surface area contributed by atoms with Crippen molar-refractivity contribution in [3.05, 3.63) is 0 Å². The van der Waals surface area contributed by atoms with Crippen molar-refractivity contribution in [3.63, 3.8) is 0 Å². The molecule has 0 fully saturated rings. The van der Waals surface area contributed by atoms with Crippen LogP contribution in [0.3, 0.4) is 0 Å². The van der Waals surface area contributed by atoms with Crippen LogP contribution in [0.15, 0.2) is 0 Å². The second kappa shape index (κ2) is 12.3. The summed E-state index contributed by atoms with van der Waals surface area (Å²) in [6.45, 7) is 4.36. The van der Waals surface area contributed by atoms with Crippen LogP contribution >= 0.6 is 15.6 Å². The number of hydrogen-bond acceptors (Lipinski definition) is 2. The van der Waals surface area contributed by atoms with E-state index in [-0.39, 0.29) is 5.48 Å². The predicted octanol–water partition coefficient (Wildman–Crippen LogP) is -0.876. The Morgan fingerprint density at radius 3 is 0.800 bits per heavy atom. The van der Waals surface area contributed by atoms with E-state index in [1.807, 2.05) is 0 Å². The molecule has 0 saturated carbocycles. The fourth-order valence-corrected chi connectivity index (χ4v) is 0. The Balaban J connectivity index is -0.0000000590. The lowest BCUT2D eigenvalue weighted by molar-refractivity contribution is 0.272. The summed E-state index contributed by atoms with van der Waals surface area (Å²) in [7, 11) is -9.28. The minimum Gasteiger partial charge on any atom is -0.412 e. The Morgan fingerprint density at radius 2 is 0.800 bits per heavy atom. The maximum atomic E-state index is 8.88. The van der Waals surface area contributed by atoms with Gasteiger partial charge in [0.15, 0.2) is 0 Å². The lowest BCUT2D eigenvalue weighted by Gasteiger charge is -1.82. The van der Waals surface area contributed by atoms with Gasteiger partial charge in [-0.2, -0.15) is 0 Å². The van der Waals surface area contributed by atoms with Crippen molar-refractivity contribution in [1.29, 1.82) is 0 Å². The van der Waals surface area contributed by atoms with Gasteiger partial charge in [0.1, 0.15) is 0 Å². The Kier molecular flexibility index (Phi) is 19.9. The van der Waals surface area contributed by atoms with Gasteiger partial charge in [-0.25, -0.2) is 9.13 Å². The lowest BCUT2D eigenvalue weighted by atomic mass is 10.4. The summed E-state index contributed by atoms with van der Waals surface area (Å²) < 4.78 is 17.8. The van der Waals surface area contributed by atoms with Gasteiger partial charge in [-0.1, -0.05) is 26.7 Å². The highest BCUT2D eigenvalue weighted by atomic mass is 31.2. The molecule has 8 N–H and O–H groups in total. The third-order valence-electron chi connectivity index (χ3n) is 0.500. The number of hydrogen-bond donors (Lipinski definition) is 6. The van der Waals surface area contributed by atoms with Crippen molar-refractivity contribution < 1.29 is 44.0 Å². The van der Waals surface area contributed by atoms with Crippen LogP contribution < -0.4 is 0 Å². The molecule has 0 atom stereocenters. The Labute approximate surface area is 87.2 Å². The SMILES string of the molecule is CCCC.O.O=P(O)(O)O.O=P(O)(O)O. The second-order valence-electron chi connectivity index (χ2n) is 2.03. The quantitative estimate of drug-likeness (QED) is 0.332. The number of unbranched alkanes of at least 4 members (excludes halogenated alkanes) is 1. The molecule has 0 rings (SSSR count). The van der Waals surface area contributed by atoms with Crippen LogP contribution in [0.1, 0.15) is 26.7 Å². The normalized spacial score (nSPS) is 9.87. The van der Waals surface area contributed by atoms with Crippen LogP contribution in [-0.4, -0.2) is 34.8 Å². The molecular weight excluding hydrogens is 254 g/mol. The van der Waals surface area contributed by atoms with Gasteiger partial charge in [0.05, 0.1) is 0 Å². The van der Waals surface area contributed by atoms with Crippen LogP contribution in [0.25, 0.3) is 0 Å². The standard InChI is InChI=1S/C4H10.2H3O4P.H2O/c1-3-4-2;2*1-5(2,3)4;/h3-4H2,1-2H3;2*(H3,1,2,3,4);1H2. The van der Waals surface area contributed by atoms with E-state index in [2.05, 4.69) is 13.8 Å². The zero-order chi connectivity index (χ0) is 12.4. The molecule has 0 radical (unpaired) electrons. The first-order chi connectivity index (χ1) is 5.91. The molecule has 15 heavy (non-hydrogen) atoms. The zero-order valence-corrected chi connectivity index (χ0v) is 10.1. The summed E-state index contributed by atoms with van der Waals surface area (Å²) in [4.78, 5) is 43.1. The van der Waals surface area contributed by atoms with Crippen LogP contribution in [0.2, 0.25) is 0 Å². The fourth-order valence-electron chi connectivity index (χ4n) is 0. The summed E-state index contributed by atoms with van der Waals surface area (Å²) in [6, 6.07) is 0. The Hall–Kier alpha value is 0.180. The molecule has 0 saturated heterocycles. The average Bonchev–Trinajstić information content (AvgIpc) is 1.79. The molecule has 9 nitrogen and oxygen atoms in total. The minimum atomic E-state index is -4.64. The number of rotatable bonds is 1. The summed E-state index contributed by atoms with van der Waals surface area (Å²) in [6.07, 6.45) is 2.64. The van der Waals surface area contributed by atoms with Gasteiger partial charge in [-0.3, -0.25) is 0 Å². The highest BCUT2D eigenvalue weighted by Crippen LogP contribution is 2.26. The summed E-state index contributed by atoms with van der Waals surface area (Å²) >= 11 is 0. The molecule has 0 aromatic heterocycles. The molecule has 0 aliphatic carbocycles. The van der Waals surface area contributed by atoms with E-state index in [0.29, 0.717) is 0 Å². The van der Waals surface area contributed by atoms with Crippen LogP contribution in [0.4, 0.5) is 0 Å². The molecule has 11 heteroatoms. The maximum Gasteiger partial charge on any atom is 0.466 e. The molecule has 98 valence electrons. The van der Waals surface area contributed by atoms with Crippen molar-refractivity contribution in [1.82, 2.24) is 0 Å². The van der Waals surface area contributed by atoms with Crippen LogP contribution in [-0.2, 0) is 9.13 Å². The Morgan fingerprint density at radius 1 is 0.733 bits per heavy atom. The molecule has 0 aliphatic heterocycles. The van der Waals surface area contributed by atoms with E-state index >= 15 is 0 Å². The van der Waals surface area contributed by atoms with E-state index in [9.17, 15) is 0 Å². The molecule has 0 heterocycles. The highest BCUT2D eigenvalue weighted by molar-refractivity contribution is 7.45. The first-order valence-corrected chi connectivity index (χ1v) is 6.61. The van der Waals surface area contributed by atoms with Crippen molar-refractivity contribution in [3.8, 4) is 0 Å². The molecule has 0 aliphatic rings. The smallest absolute Gasteiger partial charge is 0.412 e. The number of phosphoric acid groups is 2. The maximum absolute atomic E-state index is 8.88. The van der Waals surface area contributed by atoms with Crippen molar-refractivity contribution in [2.75, 3.05) is 0 Å². The molecule has 0 spiro atoms. The van der Waals surface area contributed by atoms with Crippen LogP contribution in [0.5, 0.6) is 0 Å². The van der Waals surface area contributed by atoms with Gasteiger partial charge in [-0.05, 0) is 0 Å². The largest absolute Gasteiger partial charge is 0.466 e. The van der Waals surface area contributed by atoms with E-state index < -0.39 is 15.6 Å². The van der Waals surface area contributed by atoms with Gasteiger partial charge < -0.3 is 34.8 Å². The highest BCUT2D eigenvalue weighted by Gasteiger charge is 2.00. The molecule has 0 bridgehead atoms. The zero-order valence-electron chi connectivity index (χ0n) is 8.31. The predicted molar refractivity (Wildman–Crippen MR) is 52.7 cm³/mol. The second-order valence-corrected chi connectivity index (χ2v) is 4.08. The average molecular weight is 272 g/mol. The van der Waals surface area contributed by atoms with Crippen molar-refractivity contribution >= 4 is 15.6 Å². The fraction of sp³-hybridized carbons (Fsp3) is 1.00. The molecule has 0 aromatic carbocycles. The van der Waals surface area contributed by atoms with Gasteiger partial charge in [0, 0.05) is 0 Å². The molecular formula is C4H18O9P2. The van der Waals surface area contributed by atoms with Gasteiger partial charge in [0.25, 0.3) is 0 Å². The van der Waals surface area contributed by atoms with Crippen molar-refractivity contribution in [2.24, 2.45) is 0 Å². The summed E-state index contributed by atoms with van der Waals surface area (Å²) in [5.74, 6) is 0. The molecule has 0 unspecified atom stereocenters. The first-order valence-electron chi connectivity index (χ1n) is 3.48. The summed E-state index contributed by atoms with van der Waals surface area (Å²) in [5, 5.41) is 0. The summed E-state index contributed by atoms with van der Waals surface area (Å²) in [5.41, 5.74) is 0. The van der Waals surface area contributed by atoms with Gasteiger partial charge in [-0.15, -0.1) is 0 Å². The molecule has 0 aromatic rings. The van der Waals surface area contributed by atoms with Crippen molar-refractivity contribution in [2.45, 2.75) is 26.7 Å². The minimum absolute atomic E-state index is 0. The monoisotopic (exact) mass is 272 g/mol. The van der Waals surface area contributed by atoms with Crippen LogP contribution in [0, 0.1) is 0 Å². The topological polar surface area (TPSA) is 187 Å². The van der Waals surface area contributed by atoms with E-state index in [1.165, 1.54) is 12.8 Å². The Bertz CT molecular complexity index is 154. The van der Waals surface area contributed by atoms with Gasteiger partial charge >= 0.3 is 15.6 Å². The molecule has 0 amide bonds. The van der Waals surface area contributed by atoms with E-state index in [1.54, 1.807) is 0 Å². The third kappa shape index (κ3) is 1510. The lowest BCUT2D eigenvalue weighted by Crippen LogP contribution is -1.66. The van der Waals surface area contributed by atoms with E-state index in [4.69, 9.17) is 38.5 Å². The first kappa shape index (κ1) is 24.4. The third-order valence-corrected chi connectivity index (χ3v) is 0.500. The van der Waals surface area contributed by atoms with E-state index in [0.717, 1.165) is 0 Å². The van der Waals surface area contributed by atoms with Gasteiger partial charge in [0.2, 0.25) is 0 Å².